The van der Waals surface area contributed by atoms with Crippen molar-refractivity contribution in [2.75, 3.05) is 10.6 Å². The van der Waals surface area contributed by atoms with Crippen molar-refractivity contribution in [2.24, 2.45) is 14.1 Å². The third kappa shape index (κ3) is 4.47. The Hall–Kier alpha value is -3.73. The summed E-state index contributed by atoms with van der Waals surface area (Å²) in [6.45, 7) is 2.38. The number of aromatic nitrogens is 6. The lowest BCUT2D eigenvalue weighted by Gasteiger charge is -2.10. The Balaban J connectivity index is 1.51. The quantitative estimate of drug-likeness (QED) is 0.426. The van der Waals surface area contributed by atoms with E-state index in [1.165, 1.54) is 10.9 Å². The van der Waals surface area contributed by atoms with Crippen LogP contribution < -0.4 is 10.6 Å². The van der Waals surface area contributed by atoms with Crippen LogP contribution in [0, 0.1) is 6.92 Å². The van der Waals surface area contributed by atoms with Gasteiger partial charge in [-0.3, -0.25) is 23.6 Å². The van der Waals surface area contributed by atoms with Gasteiger partial charge in [-0.05, 0) is 40.5 Å². The van der Waals surface area contributed by atoms with E-state index in [0.29, 0.717) is 23.5 Å². The summed E-state index contributed by atoms with van der Waals surface area (Å²) in [5.41, 5.74) is 3.34. The van der Waals surface area contributed by atoms with Crippen LogP contribution in [0.1, 0.15) is 32.1 Å². The maximum Gasteiger partial charge on any atom is 0.276 e. The summed E-state index contributed by atoms with van der Waals surface area (Å²) in [6.07, 6.45) is 6.59. The Morgan fingerprint density at radius 3 is 2.38 bits per heavy atom. The van der Waals surface area contributed by atoms with E-state index < -0.39 is 5.91 Å². The summed E-state index contributed by atoms with van der Waals surface area (Å²) in [4.78, 5) is 25.8. The second-order valence-corrected chi connectivity index (χ2v) is 8.18. The van der Waals surface area contributed by atoms with E-state index in [1.54, 1.807) is 48.0 Å². The molecule has 11 heteroatoms. The molecule has 0 atom stereocenters. The maximum atomic E-state index is 12.9. The fraction of sp³-hybridized carbons (Fsp3) is 0.190. The molecule has 32 heavy (non-hydrogen) atoms. The van der Waals surface area contributed by atoms with Crippen molar-refractivity contribution in [3.63, 3.8) is 0 Å². The zero-order valence-corrected chi connectivity index (χ0v) is 19.3. The molecule has 3 heterocycles. The van der Waals surface area contributed by atoms with Crippen molar-refractivity contribution in [1.29, 1.82) is 0 Å². The summed E-state index contributed by atoms with van der Waals surface area (Å²) in [5, 5.41) is 18.1. The van der Waals surface area contributed by atoms with Crippen molar-refractivity contribution in [3.8, 4) is 0 Å². The zero-order chi connectivity index (χ0) is 22.8. The highest BCUT2D eigenvalue weighted by molar-refractivity contribution is 9.10. The van der Waals surface area contributed by atoms with Crippen molar-refractivity contribution < 1.29 is 9.59 Å². The van der Waals surface area contributed by atoms with Crippen LogP contribution in [0.3, 0.4) is 0 Å². The van der Waals surface area contributed by atoms with E-state index in [0.717, 1.165) is 15.7 Å². The summed E-state index contributed by atoms with van der Waals surface area (Å²) in [7, 11) is 3.43. The van der Waals surface area contributed by atoms with E-state index in [-0.39, 0.29) is 11.6 Å². The molecule has 0 aliphatic rings. The standard InChI is InChI=1S/C21H21BrN8O2/c1-13-17(9-23-28(13)2)26-21(32)19-18(10-24-29(19)3)27-20(31)15-6-4-5-14(7-15)11-30-12-16(22)8-25-30/h4-10,12H,11H2,1-3H3,(H,26,32)(H,27,31). The minimum Gasteiger partial charge on any atom is -0.319 e. The number of anilines is 2. The average molecular weight is 497 g/mol. The van der Waals surface area contributed by atoms with Gasteiger partial charge in [-0.2, -0.15) is 15.3 Å². The molecule has 0 unspecified atom stereocenters. The number of carbonyl (C=O) groups is 2. The topological polar surface area (TPSA) is 112 Å². The molecule has 0 spiro atoms. The third-order valence-electron chi connectivity index (χ3n) is 5.02. The molecular formula is C21H21BrN8O2. The molecule has 3 aromatic heterocycles. The summed E-state index contributed by atoms with van der Waals surface area (Å²) < 4.78 is 5.74. The van der Waals surface area contributed by atoms with Gasteiger partial charge in [0.05, 0.1) is 46.7 Å². The van der Waals surface area contributed by atoms with Crippen LogP contribution in [0.15, 0.2) is 53.5 Å². The maximum absolute atomic E-state index is 12.9. The highest BCUT2D eigenvalue weighted by Crippen LogP contribution is 2.20. The van der Waals surface area contributed by atoms with Gasteiger partial charge in [0.25, 0.3) is 11.8 Å². The van der Waals surface area contributed by atoms with E-state index >= 15 is 0 Å². The Morgan fingerprint density at radius 1 is 0.969 bits per heavy atom. The number of amides is 2. The van der Waals surface area contributed by atoms with Gasteiger partial charge in [-0.1, -0.05) is 12.1 Å². The molecule has 0 radical (unpaired) electrons. The predicted molar refractivity (Wildman–Crippen MR) is 123 cm³/mol. The molecule has 10 nitrogen and oxygen atoms in total. The lowest BCUT2D eigenvalue weighted by atomic mass is 10.1. The molecule has 2 amide bonds. The van der Waals surface area contributed by atoms with Crippen LogP contribution in [0.5, 0.6) is 0 Å². The van der Waals surface area contributed by atoms with Gasteiger partial charge in [-0.25, -0.2) is 0 Å². The first kappa shape index (κ1) is 21.5. The highest BCUT2D eigenvalue weighted by Gasteiger charge is 2.21. The number of hydrogen-bond donors (Lipinski definition) is 2. The number of nitrogens with one attached hydrogen (secondary N) is 2. The molecule has 0 saturated carbocycles. The fourth-order valence-electron chi connectivity index (χ4n) is 3.22. The first-order valence-corrected chi connectivity index (χ1v) is 10.5. The Labute approximate surface area is 192 Å². The molecule has 1 aromatic carbocycles. The second-order valence-electron chi connectivity index (χ2n) is 7.26. The number of carbonyl (C=O) groups excluding carboxylic acids is 2. The van der Waals surface area contributed by atoms with E-state index in [1.807, 2.05) is 25.3 Å². The molecule has 164 valence electrons. The Morgan fingerprint density at radius 2 is 1.69 bits per heavy atom. The molecule has 0 aliphatic carbocycles. The minimum absolute atomic E-state index is 0.235. The van der Waals surface area contributed by atoms with Crippen LogP contribution in [-0.2, 0) is 20.6 Å². The number of halogens is 1. The van der Waals surface area contributed by atoms with Gasteiger partial charge in [0.2, 0.25) is 0 Å². The Kier molecular flexibility index (Phi) is 5.91. The first-order chi connectivity index (χ1) is 15.3. The Bertz CT molecular complexity index is 1300. The molecule has 2 N–H and O–H groups in total. The number of hydrogen-bond acceptors (Lipinski definition) is 5. The van der Waals surface area contributed by atoms with Crippen LogP contribution in [0.4, 0.5) is 11.4 Å². The summed E-state index contributed by atoms with van der Waals surface area (Å²) in [6, 6.07) is 7.24. The van der Waals surface area contributed by atoms with E-state index in [9.17, 15) is 9.59 Å². The normalized spacial score (nSPS) is 10.9. The third-order valence-corrected chi connectivity index (χ3v) is 5.43. The molecule has 0 bridgehead atoms. The number of nitrogens with zero attached hydrogens (tertiary/aromatic N) is 6. The van der Waals surface area contributed by atoms with Crippen molar-refractivity contribution in [1.82, 2.24) is 29.3 Å². The lowest BCUT2D eigenvalue weighted by Crippen LogP contribution is -2.20. The zero-order valence-electron chi connectivity index (χ0n) is 17.7. The monoisotopic (exact) mass is 496 g/mol. The molecule has 0 aliphatic heterocycles. The molecule has 4 aromatic rings. The number of rotatable bonds is 6. The molecule has 4 rings (SSSR count). The average Bonchev–Trinajstić information content (AvgIpc) is 3.43. The van der Waals surface area contributed by atoms with Gasteiger partial charge in [0.15, 0.2) is 0 Å². The number of aryl methyl sites for hydroxylation is 2. The largest absolute Gasteiger partial charge is 0.319 e. The van der Waals surface area contributed by atoms with Gasteiger partial charge in [0.1, 0.15) is 5.69 Å². The predicted octanol–water partition coefficient (Wildman–Crippen LogP) is 2.97. The van der Waals surface area contributed by atoms with Crippen LogP contribution >= 0.6 is 15.9 Å². The van der Waals surface area contributed by atoms with E-state index in [2.05, 4.69) is 41.9 Å². The minimum atomic E-state index is -0.394. The smallest absolute Gasteiger partial charge is 0.276 e. The first-order valence-electron chi connectivity index (χ1n) is 9.72. The molecule has 0 fully saturated rings. The highest BCUT2D eigenvalue weighted by atomic mass is 79.9. The summed E-state index contributed by atoms with van der Waals surface area (Å²) in [5.74, 6) is -0.734. The fourth-order valence-corrected chi connectivity index (χ4v) is 3.55. The molecular weight excluding hydrogens is 476 g/mol. The van der Waals surface area contributed by atoms with Gasteiger partial charge < -0.3 is 10.6 Å². The van der Waals surface area contributed by atoms with Gasteiger partial charge in [0, 0.05) is 25.9 Å². The van der Waals surface area contributed by atoms with Crippen molar-refractivity contribution >= 4 is 39.1 Å². The number of benzene rings is 1. The summed E-state index contributed by atoms with van der Waals surface area (Å²) >= 11 is 3.37. The second kappa shape index (κ2) is 8.79. The van der Waals surface area contributed by atoms with Crippen molar-refractivity contribution in [2.45, 2.75) is 13.5 Å². The van der Waals surface area contributed by atoms with Crippen LogP contribution in [0.25, 0.3) is 0 Å². The van der Waals surface area contributed by atoms with Gasteiger partial charge in [-0.15, -0.1) is 0 Å². The van der Waals surface area contributed by atoms with Crippen molar-refractivity contribution in [3.05, 3.63) is 76.0 Å². The lowest BCUT2D eigenvalue weighted by molar-refractivity contribution is 0.101. The van der Waals surface area contributed by atoms with Crippen LogP contribution in [-0.4, -0.2) is 41.2 Å². The SMILES string of the molecule is Cc1c(NC(=O)c2c(NC(=O)c3cccc(Cn4cc(Br)cn4)c3)cnn2C)cnn1C. The van der Waals surface area contributed by atoms with Crippen LogP contribution in [0.2, 0.25) is 0 Å². The van der Waals surface area contributed by atoms with Gasteiger partial charge >= 0.3 is 0 Å². The van der Waals surface area contributed by atoms with E-state index in [4.69, 9.17) is 0 Å². The molecule has 0 saturated heterocycles.